The molecule has 4 aliphatic heterocycles. The molecule has 0 bridgehead atoms. The number of cyclic esters (lactones) is 1. The predicted molar refractivity (Wildman–Crippen MR) is 121 cm³/mol. The molecule has 4 aliphatic rings. The van der Waals surface area contributed by atoms with Crippen molar-refractivity contribution in [2.45, 2.75) is 37.1 Å². The van der Waals surface area contributed by atoms with Crippen LogP contribution in [0.25, 0.3) is 0 Å². The Kier molecular flexibility index (Phi) is 5.69. The van der Waals surface area contributed by atoms with Crippen LogP contribution in [0.3, 0.4) is 0 Å². The van der Waals surface area contributed by atoms with Gasteiger partial charge in [-0.2, -0.15) is 0 Å². The van der Waals surface area contributed by atoms with Gasteiger partial charge in [0.2, 0.25) is 5.91 Å². The largest absolute Gasteiger partial charge is 0.497 e. The van der Waals surface area contributed by atoms with Crippen molar-refractivity contribution >= 4 is 23.5 Å². The zero-order chi connectivity index (χ0) is 24.0. The number of likely N-dealkylation sites (tertiary alicyclic amines) is 1. The number of aliphatic hydroxyl groups is 1. The van der Waals surface area contributed by atoms with Gasteiger partial charge in [0.05, 0.1) is 31.8 Å². The normalized spacial score (nSPS) is 33.1. The van der Waals surface area contributed by atoms with Gasteiger partial charge in [0.25, 0.3) is 5.91 Å². The standard InChI is InChI=1S/C25H28N2O7/c1-3-15(14-28)27-21-23(30)26(16-7-9-17(32-2)10-8-16)12-5-11-25(21)20(22(27)29)19-18(34-25)6-4-13-33-24(19)31/h4-11,15,18-21,28H,3,12-14H2,1-2H3/t15-,18+,19-,20-,21?,25-/m0/s1. The fraction of sp³-hybridized carbons (Fsp3) is 0.480. The van der Waals surface area contributed by atoms with Gasteiger partial charge in [-0.1, -0.05) is 25.2 Å². The van der Waals surface area contributed by atoms with Crippen molar-refractivity contribution in [2.24, 2.45) is 11.8 Å². The average molecular weight is 469 g/mol. The maximum Gasteiger partial charge on any atom is 0.313 e. The van der Waals surface area contributed by atoms with Crippen molar-refractivity contribution < 1.29 is 33.7 Å². The minimum atomic E-state index is -1.34. The van der Waals surface area contributed by atoms with E-state index >= 15 is 0 Å². The zero-order valence-corrected chi connectivity index (χ0v) is 19.1. The molecule has 6 atom stereocenters. The number of fused-ring (bicyclic) bond motifs is 2. The molecular weight excluding hydrogens is 440 g/mol. The Hall–Kier alpha value is -3.17. The second-order valence-electron chi connectivity index (χ2n) is 8.94. The topological polar surface area (TPSA) is 106 Å². The van der Waals surface area contributed by atoms with Crippen LogP contribution in [0.15, 0.2) is 48.6 Å². The summed E-state index contributed by atoms with van der Waals surface area (Å²) in [6.45, 7) is 1.93. The van der Waals surface area contributed by atoms with Crippen molar-refractivity contribution in [3.63, 3.8) is 0 Å². The monoisotopic (exact) mass is 468 g/mol. The molecule has 1 unspecified atom stereocenters. The van der Waals surface area contributed by atoms with Gasteiger partial charge < -0.3 is 29.1 Å². The van der Waals surface area contributed by atoms with Crippen LogP contribution in [0.5, 0.6) is 5.75 Å². The van der Waals surface area contributed by atoms with Crippen molar-refractivity contribution in [1.82, 2.24) is 4.90 Å². The Balaban J connectivity index is 1.62. The van der Waals surface area contributed by atoms with E-state index in [0.717, 1.165) is 0 Å². The summed E-state index contributed by atoms with van der Waals surface area (Å²) in [5.41, 5.74) is -0.694. The summed E-state index contributed by atoms with van der Waals surface area (Å²) >= 11 is 0. The molecule has 9 nitrogen and oxygen atoms in total. The summed E-state index contributed by atoms with van der Waals surface area (Å²) < 4.78 is 17.0. The van der Waals surface area contributed by atoms with Gasteiger partial charge in [-0.05, 0) is 36.8 Å². The summed E-state index contributed by atoms with van der Waals surface area (Å²) in [5.74, 6) is -2.34. The highest BCUT2D eigenvalue weighted by Gasteiger charge is 2.72. The maximum atomic E-state index is 14.1. The number of anilines is 1. The molecule has 2 fully saturated rings. The van der Waals surface area contributed by atoms with E-state index in [4.69, 9.17) is 14.2 Å². The van der Waals surface area contributed by atoms with Crippen LogP contribution in [0.1, 0.15) is 13.3 Å². The molecule has 0 saturated carbocycles. The van der Waals surface area contributed by atoms with Crippen LogP contribution < -0.4 is 9.64 Å². The number of hydrogen-bond acceptors (Lipinski definition) is 7. The van der Waals surface area contributed by atoms with Gasteiger partial charge in [-0.3, -0.25) is 14.4 Å². The number of methoxy groups -OCH3 is 1. The molecule has 1 aromatic rings. The van der Waals surface area contributed by atoms with E-state index in [0.29, 0.717) is 17.9 Å². The number of hydrogen-bond donors (Lipinski definition) is 1. The van der Waals surface area contributed by atoms with E-state index < -0.39 is 41.6 Å². The Morgan fingerprint density at radius 1 is 1.18 bits per heavy atom. The van der Waals surface area contributed by atoms with Gasteiger partial charge in [-0.15, -0.1) is 0 Å². The van der Waals surface area contributed by atoms with Crippen molar-refractivity contribution in [3.05, 3.63) is 48.6 Å². The summed E-state index contributed by atoms with van der Waals surface area (Å²) in [7, 11) is 1.57. The molecular formula is C25H28N2O7. The number of carbonyl (C=O) groups excluding carboxylic acids is 3. The van der Waals surface area contributed by atoms with Gasteiger partial charge >= 0.3 is 5.97 Å². The minimum Gasteiger partial charge on any atom is -0.497 e. The Morgan fingerprint density at radius 3 is 2.62 bits per heavy atom. The first-order valence-corrected chi connectivity index (χ1v) is 11.5. The lowest BCUT2D eigenvalue weighted by molar-refractivity contribution is -0.153. The SMILES string of the molecule is CC[C@@H](CO)N1C(=O)[C@@H]2[C@H]3C(=O)OCC=C[C@H]3O[C@@]23C=CCN(c2ccc(OC)cc2)C(=O)C13. The Morgan fingerprint density at radius 2 is 1.94 bits per heavy atom. The molecule has 0 aromatic heterocycles. The average Bonchev–Trinajstić information content (AvgIpc) is 3.15. The molecule has 1 aromatic carbocycles. The number of carbonyl (C=O) groups is 3. The first-order chi connectivity index (χ1) is 16.5. The molecule has 2 amide bonds. The van der Waals surface area contributed by atoms with E-state index in [-0.39, 0.29) is 31.6 Å². The third-order valence-electron chi connectivity index (χ3n) is 7.31. The number of amides is 2. The quantitative estimate of drug-likeness (QED) is 0.509. The number of benzene rings is 1. The summed E-state index contributed by atoms with van der Waals surface area (Å²) in [4.78, 5) is 43.9. The smallest absolute Gasteiger partial charge is 0.313 e. The van der Waals surface area contributed by atoms with Gasteiger partial charge in [-0.25, -0.2) is 0 Å². The first kappa shape index (κ1) is 22.6. The third-order valence-corrected chi connectivity index (χ3v) is 7.31. The van der Waals surface area contributed by atoms with E-state index in [1.54, 1.807) is 54.5 Å². The molecule has 1 spiro atoms. The molecule has 5 rings (SSSR count). The molecule has 0 radical (unpaired) electrons. The fourth-order valence-electron chi connectivity index (χ4n) is 5.71. The van der Waals surface area contributed by atoms with Crippen LogP contribution in [0, 0.1) is 11.8 Å². The van der Waals surface area contributed by atoms with Crippen LogP contribution in [0.4, 0.5) is 5.69 Å². The number of esters is 1. The van der Waals surface area contributed by atoms with Crippen molar-refractivity contribution in [2.75, 3.05) is 31.8 Å². The van der Waals surface area contributed by atoms with Crippen molar-refractivity contribution in [1.29, 1.82) is 0 Å². The number of rotatable bonds is 5. The van der Waals surface area contributed by atoms with E-state index in [2.05, 4.69) is 0 Å². The second-order valence-corrected chi connectivity index (χ2v) is 8.94. The summed E-state index contributed by atoms with van der Waals surface area (Å²) in [5, 5.41) is 10.1. The molecule has 34 heavy (non-hydrogen) atoms. The second kappa shape index (κ2) is 8.56. The number of ether oxygens (including phenoxy) is 3. The van der Waals surface area contributed by atoms with Gasteiger partial charge in [0.15, 0.2) is 0 Å². The molecule has 4 heterocycles. The van der Waals surface area contributed by atoms with Crippen LogP contribution in [0.2, 0.25) is 0 Å². The molecule has 1 N–H and O–H groups in total. The Labute approximate surface area is 197 Å². The highest BCUT2D eigenvalue weighted by molar-refractivity contribution is 6.05. The maximum absolute atomic E-state index is 14.1. The van der Waals surface area contributed by atoms with Crippen LogP contribution >= 0.6 is 0 Å². The van der Waals surface area contributed by atoms with Gasteiger partial charge in [0.1, 0.15) is 29.9 Å². The Bertz CT molecular complexity index is 1050. The number of aliphatic hydroxyl groups excluding tert-OH is 1. The highest BCUT2D eigenvalue weighted by atomic mass is 16.6. The predicted octanol–water partition coefficient (Wildman–Crippen LogP) is 1.06. The molecule has 2 saturated heterocycles. The molecule has 9 heteroatoms. The third kappa shape index (κ3) is 3.18. The zero-order valence-electron chi connectivity index (χ0n) is 19.1. The van der Waals surface area contributed by atoms with Gasteiger partial charge in [0, 0.05) is 12.2 Å². The van der Waals surface area contributed by atoms with Crippen molar-refractivity contribution in [3.8, 4) is 5.75 Å². The lowest BCUT2D eigenvalue weighted by Crippen LogP contribution is -2.58. The van der Waals surface area contributed by atoms with Crippen LogP contribution in [-0.2, 0) is 23.9 Å². The lowest BCUT2D eigenvalue weighted by atomic mass is 9.78. The van der Waals surface area contributed by atoms with E-state index in [9.17, 15) is 19.5 Å². The summed E-state index contributed by atoms with van der Waals surface area (Å²) in [6.07, 6.45) is 6.79. The molecule has 0 aliphatic carbocycles. The van der Waals surface area contributed by atoms with Crippen LogP contribution in [-0.4, -0.2) is 78.4 Å². The fourth-order valence-corrected chi connectivity index (χ4v) is 5.71. The number of nitrogens with zero attached hydrogens (tertiary/aromatic N) is 2. The minimum absolute atomic E-state index is 0.116. The van der Waals surface area contributed by atoms with E-state index in [1.165, 1.54) is 4.90 Å². The lowest BCUT2D eigenvalue weighted by Gasteiger charge is -2.38. The molecule has 180 valence electrons. The summed E-state index contributed by atoms with van der Waals surface area (Å²) in [6, 6.07) is 5.47. The first-order valence-electron chi connectivity index (χ1n) is 11.5. The highest BCUT2D eigenvalue weighted by Crippen LogP contribution is 2.54. The van der Waals surface area contributed by atoms with E-state index in [1.807, 2.05) is 13.0 Å².